The molecule has 0 aromatic heterocycles. The molecule has 2 unspecified atom stereocenters. The molecule has 2 rings (SSSR count). The summed E-state index contributed by atoms with van der Waals surface area (Å²) >= 11 is 3.34. The van der Waals surface area contributed by atoms with Gasteiger partial charge in [0.25, 0.3) is 0 Å². The van der Waals surface area contributed by atoms with Crippen molar-refractivity contribution in [1.29, 1.82) is 0 Å². The number of carbonyl (C=O) groups excluding carboxylic acids is 1. The predicted octanol–water partition coefficient (Wildman–Crippen LogP) is 2.43. The second-order valence-electron chi connectivity index (χ2n) is 5.63. The molecule has 1 fully saturated rings. The van der Waals surface area contributed by atoms with Crippen LogP contribution >= 0.6 is 15.9 Å². The molecule has 1 aromatic carbocycles. The zero-order chi connectivity index (χ0) is 15.4. The normalized spacial score (nSPS) is 22.8. The van der Waals surface area contributed by atoms with Crippen LogP contribution < -0.4 is 5.32 Å². The topological polar surface area (TPSA) is 69.6 Å². The number of hydrogen-bond acceptors (Lipinski definition) is 3. The van der Waals surface area contributed by atoms with Gasteiger partial charge in [-0.2, -0.15) is 0 Å². The molecule has 1 heterocycles. The van der Waals surface area contributed by atoms with Gasteiger partial charge in [0.2, 0.25) is 5.91 Å². The van der Waals surface area contributed by atoms with Crippen molar-refractivity contribution in [2.75, 3.05) is 25.0 Å². The maximum atomic E-state index is 12.0. The van der Waals surface area contributed by atoms with E-state index in [0.29, 0.717) is 18.9 Å². The van der Waals surface area contributed by atoms with Gasteiger partial charge in [0, 0.05) is 23.2 Å². The number of benzene rings is 1. The molecular weight excluding hydrogens is 336 g/mol. The first-order valence-corrected chi connectivity index (χ1v) is 7.74. The van der Waals surface area contributed by atoms with Gasteiger partial charge in [-0.1, -0.05) is 22.9 Å². The van der Waals surface area contributed by atoms with Crippen molar-refractivity contribution in [1.82, 2.24) is 4.90 Å². The quantitative estimate of drug-likeness (QED) is 0.871. The molecule has 2 atom stereocenters. The molecule has 0 spiro atoms. The SMILES string of the molecule is CC1CC(C(=O)O)CN(CC(=O)Nc2ccc(Br)cc2)C1. The monoisotopic (exact) mass is 354 g/mol. The van der Waals surface area contributed by atoms with Crippen LogP contribution in [0.4, 0.5) is 5.69 Å². The van der Waals surface area contributed by atoms with Crippen molar-refractivity contribution >= 4 is 33.5 Å². The van der Waals surface area contributed by atoms with Crippen LogP contribution in [0.5, 0.6) is 0 Å². The van der Waals surface area contributed by atoms with E-state index in [1.54, 1.807) is 0 Å². The minimum Gasteiger partial charge on any atom is -0.481 e. The number of halogens is 1. The fourth-order valence-electron chi connectivity index (χ4n) is 2.71. The number of hydrogen-bond donors (Lipinski definition) is 2. The molecule has 0 radical (unpaired) electrons. The zero-order valence-electron chi connectivity index (χ0n) is 11.9. The molecule has 2 N–H and O–H groups in total. The summed E-state index contributed by atoms with van der Waals surface area (Å²) in [6.07, 6.45) is 0.681. The van der Waals surface area contributed by atoms with E-state index in [0.717, 1.165) is 16.7 Å². The number of likely N-dealkylation sites (tertiary alicyclic amines) is 1. The highest BCUT2D eigenvalue weighted by molar-refractivity contribution is 9.10. The summed E-state index contributed by atoms with van der Waals surface area (Å²) in [7, 11) is 0. The Morgan fingerprint density at radius 2 is 2.00 bits per heavy atom. The first kappa shape index (κ1) is 16.0. The Kier molecular flexibility index (Phi) is 5.36. The van der Waals surface area contributed by atoms with Crippen LogP contribution in [0.1, 0.15) is 13.3 Å². The fourth-order valence-corrected chi connectivity index (χ4v) is 2.97. The van der Waals surface area contributed by atoms with Gasteiger partial charge in [-0.3, -0.25) is 14.5 Å². The Morgan fingerprint density at radius 3 is 2.62 bits per heavy atom. The van der Waals surface area contributed by atoms with Crippen LogP contribution in [0.15, 0.2) is 28.7 Å². The standard InChI is InChI=1S/C15H19BrN2O3/c1-10-6-11(15(20)21)8-18(7-10)9-14(19)17-13-4-2-12(16)3-5-13/h2-5,10-11H,6-9H2,1H3,(H,17,19)(H,20,21). The lowest BCUT2D eigenvalue weighted by Gasteiger charge is -2.34. The Labute approximate surface area is 132 Å². The molecule has 1 aliphatic rings. The maximum Gasteiger partial charge on any atom is 0.307 e. The molecule has 5 nitrogen and oxygen atoms in total. The largest absolute Gasteiger partial charge is 0.481 e. The van der Waals surface area contributed by atoms with E-state index in [1.165, 1.54) is 0 Å². The van der Waals surface area contributed by atoms with Crippen LogP contribution in [0.3, 0.4) is 0 Å². The third-order valence-electron chi connectivity index (χ3n) is 3.58. The lowest BCUT2D eigenvalue weighted by Crippen LogP contribution is -2.45. The Balaban J connectivity index is 1.89. The lowest BCUT2D eigenvalue weighted by atomic mass is 9.90. The number of carboxylic acids is 1. The van der Waals surface area contributed by atoms with Gasteiger partial charge in [-0.25, -0.2) is 0 Å². The predicted molar refractivity (Wildman–Crippen MR) is 84.1 cm³/mol. The summed E-state index contributed by atoms with van der Waals surface area (Å²) in [6.45, 7) is 3.45. The van der Waals surface area contributed by atoms with Gasteiger partial charge in [-0.05, 0) is 36.6 Å². The van der Waals surface area contributed by atoms with Crippen LogP contribution in [-0.4, -0.2) is 41.5 Å². The minimum absolute atomic E-state index is 0.115. The highest BCUT2D eigenvalue weighted by Gasteiger charge is 2.30. The van der Waals surface area contributed by atoms with Crippen molar-refractivity contribution < 1.29 is 14.7 Å². The van der Waals surface area contributed by atoms with Gasteiger partial charge >= 0.3 is 5.97 Å². The Morgan fingerprint density at radius 1 is 1.33 bits per heavy atom. The number of carbonyl (C=O) groups is 2. The molecule has 0 aliphatic carbocycles. The number of nitrogens with one attached hydrogen (secondary N) is 1. The van der Waals surface area contributed by atoms with E-state index in [9.17, 15) is 9.59 Å². The molecule has 1 amide bonds. The Bertz CT molecular complexity index is 518. The number of aliphatic carboxylic acids is 1. The first-order chi connectivity index (χ1) is 9.94. The molecule has 114 valence electrons. The van der Waals surface area contributed by atoms with Crippen LogP contribution in [0.2, 0.25) is 0 Å². The number of nitrogens with zero attached hydrogens (tertiary/aromatic N) is 1. The van der Waals surface area contributed by atoms with E-state index in [-0.39, 0.29) is 18.4 Å². The molecule has 1 saturated heterocycles. The fraction of sp³-hybridized carbons (Fsp3) is 0.467. The van der Waals surface area contributed by atoms with Gasteiger partial charge in [0.15, 0.2) is 0 Å². The second kappa shape index (κ2) is 7.04. The van der Waals surface area contributed by atoms with Crippen LogP contribution in [0, 0.1) is 11.8 Å². The molecule has 1 aromatic rings. The minimum atomic E-state index is -0.778. The first-order valence-electron chi connectivity index (χ1n) is 6.94. The summed E-state index contributed by atoms with van der Waals surface area (Å²) in [4.78, 5) is 25.1. The van der Waals surface area contributed by atoms with Crippen LogP contribution in [0.25, 0.3) is 0 Å². The summed E-state index contributed by atoms with van der Waals surface area (Å²) in [6, 6.07) is 7.36. The van der Waals surface area contributed by atoms with Crippen molar-refractivity contribution in [2.24, 2.45) is 11.8 Å². The summed E-state index contributed by atoms with van der Waals surface area (Å²) in [5, 5.41) is 12.0. The van der Waals surface area contributed by atoms with Gasteiger partial charge in [0.1, 0.15) is 0 Å². The smallest absolute Gasteiger partial charge is 0.307 e. The molecule has 21 heavy (non-hydrogen) atoms. The van der Waals surface area contributed by atoms with Gasteiger partial charge < -0.3 is 10.4 Å². The maximum absolute atomic E-state index is 12.0. The number of amides is 1. The van der Waals surface area contributed by atoms with Crippen molar-refractivity contribution in [3.8, 4) is 0 Å². The van der Waals surface area contributed by atoms with Crippen molar-refractivity contribution in [3.05, 3.63) is 28.7 Å². The highest BCUT2D eigenvalue weighted by Crippen LogP contribution is 2.21. The number of anilines is 1. The Hall–Kier alpha value is -1.40. The molecule has 0 saturated carbocycles. The molecular formula is C15H19BrN2O3. The summed E-state index contributed by atoms with van der Waals surface area (Å²) < 4.78 is 0.953. The summed E-state index contributed by atoms with van der Waals surface area (Å²) in [5.41, 5.74) is 0.739. The van der Waals surface area contributed by atoms with E-state index in [1.807, 2.05) is 36.1 Å². The van der Waals surface area contributed by atoms with Crippen molar-refractivity contribution in [2.45, 2.75) is 13.3 Å². The van der Waals surface area contributed by atoms with E-state index >= 15 is 0 Å². The summed E-state index contributed by atoms with van der Waals surface area (Å²) in [5.74, 6) is -0.981. The van der Waals surface area contributed by atoms with Gasteiger partial charge in [-0.15, -0.1) is 0 Å². The van der Waals surface area contributed by atoms with E-state index in [2.05, 4.69) is 21.2 Å². The number of piperidine rings is 1. The third-order valence-corrected chi connectivity index (χ3v) is 4.11. The average molecular weight is 355 g/mol. The zero-order valence-corrected chi connectivity index (χ0v) is 13.5. The molecule has 1 aliphatic heterocycles. The van der Waals surface area contributed by atoms with E-state index < -0.39 is 5.97 Å². The number of carboxylic acid groups (broad SMARTS) is 1. The average Bonchev–Trinajstić information content (AvgIpc) is 2.40. The lowest BCUT2D eigenvalue weighted by molar-refractivity contribution is -0.144. The second-order valence-corrected chi connectivity index (χ2v) is 6.54. The number of rotatable bonds is 4. The molecule has 6 heteroatoms. The van der Waals surface area contributed by atoms with Gasteiger partial charge in [0.05, 0.1) is 12.5 Å². The highest BCUT2D eigenvalue weighted by atomic mass is 79.9. The van der Waals surface area contributed by atoms with E-state index in [4.69, 9.17) is 5.11 Å². The third kappa shape index (κ3) is 4.82. The van der Waals surface area contributed by atoms with Crippen molar-refractivity contribution in [3.63, 3.8) is 0 Å². The molecule has 0 bridgehead atoms. The van der Waals surface area contributed by atoms with Crippen LogP contribution in [-0.2, 0) is 9.59 Å².